The van der Waals surface area contributed by atoms with Gasteiger partial charge >= 0.3 is 0 Å². The first kappa shape index (κ1) is 28.6. The molecule has 2 aliphatic heterocycles. The molecular weight excluding hydrogens is 644 g/mol. The molecule has 0 spiro atoms. The summed E-state index contributed by atoms with van der Waals surface area (Å²) in [4.78, 5) is 25.6. The monoisotopic (exact) mass is 672 g/mol. The molecule has 2 N–H and O–H groups in total. The van der Waals surface area contributed by atoms with Crippen molar-refractivity contribution in [1.29, 1.82) is 0 Å². The second kappa shape index (κ2) is 13.6. The van der Waals surface area contributed by atoms with E-state index in [1.54, 1.807) is 60.7 Å². The van der Waals surface area contributed by atoms with Gasteiger partial charge < -0.3 is 29.6 Å². The number of anilines is 2. The van der Waals surface area contributed by atoms with Crippen LogP contribution < -0.4 is 20.1 Å². The third kappa shape index (κ3) is 7.63. The van der Waals surface area contributed by atoms with Gasteiger partial charge in [-0.1, -0.05) is 0 Å². The SMILES string of the molecule is O=C(Nc1ccc(NC(=O)c2ccc(OCC3CCCO3)c(Br)c2)cc1)c1ccc(OCC2CCCO2)c(Br)c1. The van der Waals surface area contributed by atoms with E-state index in [-0.39, 0.29) is 24.0 Å². The van der Waals surface area contributed by atoms with Crippen LogP contribution in [0.5, 0.6) is 11.5 Å². The second-order valence-corrected chi connectivity index (χ2v) is 11.4. The van der Waals surface area contributed by atoms with E-state index >= 15 is 0 Å². The van der Waals surface area contributed by atoms with Crippen LogP contribution in [0.25, 0.3) is 0 Å². The van der Waals surface area contributed by atoms with Crippen LogP contribution in [0.4, 0.5) is 11.4 Å². The summed E-state index contributed by atoms with van der Waals surface area (Å²) in [6.45, 7) is 2.53. The molecule has 2 saturated heterocycles. The zero-order chi connectivity index (χ0) is 27.9. The van der Waals surface area contributed by atoms with Crippen molar-refractivity contribution >= 4 is 55.0 Å². The van der Waals surface area contributed by atoms with Crippen molar-refractivity contribution in [2.75, 3.05) is 37.1 Å². The largest absolute Gasteiger partial charge is 0.490 e. The van der Waals surface area contributed by atoms with Gasteiger partial charge in [-0.2, -0.15) is 0 Å². The fraction of sp³-hybridized carbons (Fsp3) is 0.333. The minimum Gasteiger partial charge on any atom is -0.490 e. The molecule has 3 aromatic carbocycles. The van der Waals surface area contributed by atoms with Gasteiger partial charge in [0.2, 0.25) is 0 Å². The number of ether oxygens (including phenoxy) is 4. The maximum absolute atomic E-state index is 12.8. The smallest absolute Gasteiger partial charge is 0.255 e. The maximum Gasteiger partial charge on any atom is 0.255 e. The van der Waals surface area contributed by atoms with E-state index in [0.29, 0.717) is 56.2 Å². The number of carbonyl (C=O) groups is 2. The van der Waals surface area contributed by atoms with Crippen molar-refractivity contribution in [1.82, 2.24) is 0 Å². The maximum atomic E-state index is 12.8. The van der Waals surface area contributed by atoms with Gasteiger partial charge in [0.25, 0.3) is 11.8 Å². The fourth-order valence-corrected chi connectivity index (χ4v) is 5.47. The van der Waals surface area contributed by atoms with E-state index in [1.165, 1.54) is 0 Å². The summed E-state index contributed by atoms with van der Waals surface area (Å²) in [5.41, 5.74) is 2.19. The van der Waals surface area contributed by atoms with Crippen LogP contribution in [0.3, 0.4) is 0 Å². The zero-order valence-corrected chi connectivity index (χ0v) is 25.0. The highest BCUT2D eigenvalue weighted by atomic mass is 79.9. The molecule has 10 heteroatoms. The quantitative estimate of drug-likeness (QED) is 0.245. The van der Waals surface area contributed by atoms with E-state index < -0.39 is 0 Å². The third-order valence-electron chi connectivity index (χ3n) is 6.69. The molecule has 2 aliphatic rings. The summed E-state index contributed by atoms with van der Waals surface area (Å²) in [7, 11) is 0. The molecule has 210 valence electrons. The number of carbonyl (C=O) groups excluding carboxylic acids is 2. The molecule has 8 nitrogen and oxygen atoms in total. The Morgan fingerprint density at radius 3 is 1.48 bits per heavy atom. The van der Waals surface area contributed by atoms with E-state index in [1.807, 2.05) is 0 Å². The number of amides is 2. The van der Waals surface area contributed by atoms with Crippen molar-refractivity contribution in [2.45, 2.75) is 37.9 Å². The second-order valence-electron chi connectivity index (χ2n) is 9.67. The van der Waals surface area contributed by atoms with Crippen LogP contribution in [0.2, 0.25) is 0 Å². The Bertz CT molecular complexity index is 1240. The Morgan fingerprint density at radius 2 is 1.12 bits per heavy atom. The molecule has 2 atom stereocenters. The van der Waals surface area contributed by atoms with Crippen molar-refractivity contribution in [3.8, 4) is 11.5 Å². The Hall–Kier alpha value is -2.92. The normalized spacial score (nSPS) is 18.4. The lowest BCUT2D eigenvalue weighted by molar-refractivity contribution is 0.0676. The Kier molecular flexibility index (Phi) is 9.74. The minimum absolute atomic E-state index is 0.117. The van der Waals surface area contributed by atoms with Crippen molar-refractivity contribution < 1.29 is 28.5 Å². The van der Waals surface area contributed by atoms with Gasteiger partial charge in [-0.05, 0) is 118 Å². The first-order valence-corrected chi connectivity index (χ1v) is 14.8. The summed E-state index contributed by atoms with van der Waals surface area (Å²) < 4.78 is 24.3. The summed E-state index contributed by atoms with van der Waals surface area (Å²) in [6, 6.07) is 17.4. The van der Waals surface area contributed by atoms with Crippen LogP contribution in [0.15, 0.2) is 69.6 Å². The number of benzene rings is 3. The Morgan fingerprint density at radius 1 is 0.700 bits per heavy atom. The standard InChI is InChI=1S/C30H30Br2N2O6/c31-25-15-19(5-11-27(25)39-17-23-3-1-13-37-23)29(35)33-21-7-9-22(10-8-21)34-30(36)20-6-12-28(26(32)16-20)40-18-24-4-2-14-38-24/h5-12,15-16,23-24H,1-4,13-14,17-18H2,(H,33,35)(H,34,36). The van der Waals surface area contributed by atoms with Crippen LogP contribution in [-0.2, 0) is 9.47 Å². The summed E-state index contributed by atoms with van der Waals surface area (Å²) in [5.74, 6) is 0.824. The molecule has 0 aliphatic carbocycles. The van der Waals surface area contributed by atoms with E-state index in [0.717, 1.165) is 38.9 Å². The average Bonchev–Trinajstić information content (AvgIpc) is 3.67. The van der Waals surface area contributed by atoms with Crippen molar-refractivity contribution in [3.05, 3.63) is 80.7 Å². The molecular formula is C30H30Br2N2O6. The topological polar surface area (TPSA) is 95.1 Å². The van der Waals surface area contributed by atoms with E-state index in [4.69, 9.17) is 18.9 Å². The molecule has 0 aromatic heterocycles. The van der Waals surface area contributed by atoms with Crippen molar-refractivity contribution in [2.24, 2.45) is 0 Å². The fourth-order valence-electron chi connectivity index (χ4n) is 4.48. The lowest BCUT2D eigenvalue weighted by Gasteiger charge is -2.14. The van der Waals surface area contributed by atoms with E-state index in [2.05, 4.69) is 42.5 Å². The van der Waals surface area contributed by atoms with Gasteiger partial charge in [-0.25, -0.2) is 0 Å². The first-order valence-electron chi connectivity index (χ1n) is 13.3. The molecule has 2 fully saturated rings. The molecule has 0 bridgehead atoms. The molecule has 3 aromatic rings. The average molecular weight is 674 g/mol. The summed E-state index contributed by atoms with van der Waals surface area (Å²) >= 11 is 6.98. The number of hydrogen-bond acceptors (Lipinski definition) is 6. The van der Waals surface area contributed by atoms with Crippen LogP contribution in [0.1, 0.15) is 46.4 Å². The van der Waals surface area contributed by atoms with Crippen LogP contribution in [0, 0.1) is 0 Å². The summed E-state index contributed by atoms with van der Waals surface area (Å²) in [6.07, 6.45) is 4.34. The highest BCUT2D eigenvalue weighted by Crippen LogP contribution is 2.29. The Labute approximate surface area is 250 Å². The molecule has 0 radical (unpaired) electrons. The molecule has 5 rings (SSSR count). The molecule has 40 heavy (non-hydrogen) atoms. The number of hydrogen-bond donors (Lipinski definition) is 2. The predicted molar refractivity (Wildman–Crippen MR) is 160 cm³/mol. The third-order valence-corrected chi connectivity index (χ3v) is 7.93. The number of rotatable bonds is 10. The van der Waals surface area contributed by atoms with Gasteiger partial charge in [-0.3, -0.25) is 9.59 Å². The highest BCUT2D eigenvalue weighted by Gasteiger charge is 2.18. The Balaban J connectivity index is 1.12. The highest BCUT2D eigenvalue weighted by molar-refractivity contribution is 9.10. The van der Waals surface area contributed by atoms with Gasteiger partial charge in [0.15, 0.2) is 0 Å². The molecule has 0 saturated carbocycles. The van der Waals surface area contributed by atoms with Gasteiger partial charge in [0.05, 0.1) is 21.2 Å². The van der Waals surface area contributed by atoms with E-state index in [9.17, 15) is 9.59 Å². The van der Waals surface area contributed by atoms with Crippen LogP contribution >= 0.6 is 31.9 Å². The van der Waals surface area contributed by atoms with Gasteiger partial charge in [-0.15, -0.1) is 0 Å². The minimum atomic E-state index is -0.255. The lowest BCUT2D eigenvalue weighted by Crippen LogP contribution is -2.17. The number of halogens is 2. The number of nitrogens with one attached hydrogen (secondary N) is 2. The molecule has 2 amide bonds. The predicted octanol–water partition coefficient (Wildman–Crippen LogP) is 6.83. The van der Waals surface area contributed by atoms with Gasteiger partial charge in [0.1, 0.15) is 24.7 Å². The van der Waals surface area contributed by atoms with Crippen molar-refractivity contribution in [3.63, 3.8) is 0 Å². The summed E-state index contributed by atoms with van der Waals surface area (Å²) in [5, 5.41) is 5.75. The zero-order valence-electron chi connectivity index (χ0n) is 21.8. The molecule has 2 heterocycles. The first-order chi connectivity index (χ1) is 19.4. The van der Waals surface area contributed by atoms with Crippen LogP contribution in [-0.4, -0.2) is 50.4 Å². The lowest BCUT2D eigenvalue weighted by atomic mass is 10.2. The van der Waals surface area contributed by atoms with Gasteiger partial charge in [0, 0.05) is 35.7 Å². The molecule has 2 unspecified atom stereocenters.